The molecule has 2 aromatic carbocycles. The van der Waals surface area contributed by atoms with E-state index in [-0.39, 0.29) is 11.7 Å². The minimum absolute atomic E-state index is 0.153. The number of hydrogen-bond donors (Lipinski definition) is 2. The van der Waals surface area contributed by atoms with Crippen molar-refractivity contribution >= 4 is 17.7 Å². The molecule has 1 amide bonds. The molecule has 0 spiro atoms. The average Bonchev–Trinajstić information content (AvgIpc) is 2.56. The van der Waals surface area contributed by atoms with Crippen molar-refractivity contribution in [1.29, 1.82) is 0 Å². The van der Waals surface area contributed by atoms with Crippen molar-refractivity contribution in [2.24, 2.45) is 0 Å². The minimum Gasteiger partial charge on any atom is -0.508 e. The zero-order valence-corrected chi connectivity index (χ0v) is 13.1. The van der Waals surface area contributed by atoms with E-state index in [1.54, 1.807) is 31.4 Å². The number of hydrogen-bond acceptors (Lipinski definition) is 4. The molecule has 23 heavy (non-hydrogen) atoms. The maximum Gasteiger partial charge on any atom is 0.248 e. The van der Waals surface area contributed by atoms with Gasteiger partial charge in [0.1, 0.15) is 5.75 Å². The Morgan fingerprint density at radius 3 is 2.57 bits per heavy atom. The number of nitrogens with one attached hydrogen (secondary N) is 1. The lowest BCUT2D eigenvalue weighted by Crippen LogP contribution is -2.07. The summed E-state index contributed by atoms with van der Waals surface area (Å²) in [6.45, 7) is 2.43. The van der Waals surface area contributed by atoms with Crippen LogP contribution in [0.3, 0.4) is 0 Å². The highest BCUT2D eigenvalue weighted by atomic mass is 16.5. The van der Waals surface area contributed by atoms with Crippen LogP contribution in [0.2, 0.25) is 0 Å². The standard InChI is InChI=1S/C18H19NO4/c1-3-23-17-12-13(4-10-16(17)22-2)5-11-18(21)19-14-6-8-15(20)9-7-14/h4-12,20H,3H2,1-2H3,(H,19,21)/b11-5+. The van der Waals surface area contributed by atoms with Crippen molar-refractivity contribution in [1.82, 2.24) is 0 Å². The quantitative estimate of drug-likeness (QED) is 0.633. The van der Waals surface area contributed by atoms with E-state index in [2.05, 4.69) is 5.32 Å². The number of rotatable bonds is 6. The molecule has 0 saturated heterocycles. The van der Waals surface area contributed by atoms with E-state index in [1.165, 1.54) is 18.2 Å². The summed E-state index contributed by atoms with van der Waals surface area (Å²) >= 11 is 0. The molecule has 0 saturated carbocycles. The van der Waals surface area contributed by atoms with Crippen LogP contribution in [0.5, 0.6) is 17.2 Å². The van der Waals surface area contributed by atoms with Gasteiger partial charge in [-0.05, 0) is 55.0 Å². The van der Waals surface area contributed by atoms with Crippen molar-refractivity contribution in [3.05, 3.63) is 54.1 Å². The fourth-order valence-electron chi connectivity index (χ4n) is 1.97. The first kappa shape index (κ1) is 16.4. The fraction of sp³-hybridized carbons (Fsp3) is 0.167. The number of ether oxygens (including phenoxy) is 2. The maximum absolute atomic E-state index is 11.9. The lowest BCUT2D eigenvalue weighted by Gasteiger charge is -2.09. The van der Waals surface area contributed by atoms with Gasteiger partial charge in [-0.15, -0.1) is 0 Å². The second kappa shape index (κ2) is 7.89. The molecule has 2 rings (SSSR count). The number of anilines is 1. The number of methoxy groups -OCH3 is 1. The van der Waals surface area contributed by atoms with Crippen molar-refractivity contribution in [2.75, 3.05) is 19.0 Å². The predicted octanol–water partition coefficient (Wildman–Crippen LogP) is 3.45. The van der Waals surface area contributed by atoms with E-state index in [1.807, 2.05) is 19.1 Å². The molecule has 0 heterocycles. The fourth-order valence-corrected chi connectivity index (χ4v) is 1.97. The molecule has 2 N–H and O–H groups in total. The minimum atomic E-state index is -0.260. The maximum atomic E-state index is 11.9. The van der Waals surface area contributed by atoms with Crippen LogP contribution in [-0.2, 0) is 4.79 Å². The van der Waals surface area contributed by atoms with E-state index >= 15 is 0 Å². The third-order valence-electron chi connectivity index (χ3n) is 3.05. The van der Waals surface area contributed by atoms with Crippen molar-refractivity contribution in [2.45, 2.75) is 6.92 Å². The monoisotopic (exact) mass is 313 g/mol. The smallest absolute Gasteiger partial charge is 0.248 e. The molecule has 0 bridgehead atoms. The van der Waals surface area contributed by atoms with E-state index < -0.39 is 0 Å². The Hall–Kier alpha value is -2.95. The second-order valence-corrected chi connectivity index (χ2v) is 4.71. The van der Waals surface area contributed by atoms with Crippen LogP contribution in [0.4, 0.5) is 5.69 Å². The predicted molar refractivity (Wildman–Crippen MR) is 89.9 cm³/mol. The number of carbonyl (C=O) groups excluding carboxylic acids is 1. The Bertz CT molecular complexity index is 693. The Kier molecular flexibility index (Phi) is 5.63. The number of phenols is 1. The zero-order chi connectivity index (χ0) is 16.7. The van der Waals surface area contributed by atoms with Crippen LogP contribution in [0.15, 0.2) is 48.5 Å². The van der Waals surface area contributed by atoms with Gasteiger partial charge < -0.3 is 19.9 Å². The molecule has 0 aliphatic carbocycles. The van der Waals surface area contributed by atoms with Gasteiger partial charge in [-0.3, -0.25) is 4.79 Å². The van der Waals surface area contributed by atoms with Gasteiger partial charge in [0.25, 0.3) is 0 Å². The molecular formula is C18H19NO4. The topological polar surface area (TPSA) is 67.8 Å². The molecule has 0 radical (unpaired) electrons. The summed E-state index contributed by atoms with van der Waals surface area (Å²) in [5.74, 6) is 1.18. The molecule has 2 aromatic rings. The van der Waals surface area contributed by atoms with Gasteiger partial charge in [-0.25, -0.2) is 0 Å². The molecule has 0 unspecified atom stereocenters. The van der Waals surface area contributed by atoms with E-state index in [0.717, 1.165) is 5.56 Å². The summed E-state index contributed by atoms with van der Waals surface area (Å²) in [5.41, 5.74) is 1.44. The number of benzene rings is 2. The SMILES string of the molecule is CCOc1cc(/C=C/C(=O)Nc2ccc(O)cc2)ccc1OC. The first-order chi connectivity index (χ1) is 11.1. The normalized spacial score (nSPS) is 10.5. The molecule has 120 valence electrons. The van der Waals surface area contributed by atoms with Gasteiger partial charge in [0.05, 0.1) is 13.7 Å². The zero-order valence-electron chi connectivity index (χ0n) is 13.1. The van der Waals surface area contributed by atoms with Gasteiger partial charge in [-0.2, -0.15) is 0 Å². The molecule has 0 aliphatic heterocycles. The van der Waals surface area contributed by atoms with Crippen molar-refractivity contribution in [3.63, 3.8) is 0 Å². The highest BCUT2D eigenvalue weighted by Crippen LogP contribution is 2.28. The number of phenolic OH excluding ortho intramolecular Hbond substituents is 1. The van der Waals surface area contributed by atoms with Crippen LogP contribution < -0.4 is 14.8 Å². The summed E-state index contributed by atoms with van der Waals surface area (Å²) in [4.78, 5) is 11.9. The lowest BCUT2D eigenvalue weighted by molar-refractivity contribution is -0.111. The third-order valence-corrected chi connectivity index (χ3v) is 3.05. The number of amides is 1. The van der Waals surface area contributed by atoms with Gasteiger partial charge >= 0.3 is 0 Å². The Labute approximate surface area is 135 Å². The first-order valence-electron chi connectivity index (χ1n) is 7.21. The number of aromatic hydroxyl groups is 1. The van der Waals surface area contributed by atoms with E-state index in [4.69, 9.17) is 9.47 Å². The van der Waals surface area contributed by atoms with Crippen LogP contribution in [-0.4, -0.2) is 24.7 Å². The summed E-state index contributed by atoms with van der Waals surface area (Å²) in [6, 6.07) is 11.7. The first-order valence-corrected chi connectivity index (χ1v) is 7.21. The molecule has 0 aromatic heterocycles. The average molecular weight is 313 g/mol. The molecule has 5 heteroatoms. The summed E-state index contributed by atoms with van der Waals surface area (Å²) < 4.78 is 10.7. The van der Waals surface area contributed by atoms with Crippen molar-refractivity contribution < 1.29 is 19.4 Å². The Morgan fingerprint density at radius 2 is 1.91 bits per heavy atom. The van der Waals surface area contributed by atoms with Gasteiger partial charge in [-0.1, -0.05) is 6.07 Å². The Balaban J connectivity index is 2.05. The third kappa shape index (κ3) is 4.78. The highest BCUT2D eigenvalue weighted by Gasteiger charge is 2.04. The number of carbonyl (C=O) groups is 1. The lowest BCUT2D eigenvalue weighted by atomic mass is 10.2. The highest BCUT2D eigenvalue weighted by molar-refractivity contribution is 6.01. The van der Waals surface area contributed by atoms with Gasteiger partial charge in [0.15, 0.2) is 11.5 Å². The summed E-state index contributed by atoms with van der Waals surface area (Å²) in [6.07, 6.45) is 3.13. The van der Waals surface area contributed by atoms with Crippen LogP contribution in [0.1, 0.15) is 12.5 Å². The molecule has 5 nitrogen and oxygen atoms in total. The van der Waals surface area contributed by atoms with Crippen molar-refractivity contribution in [3.8, 4) is 17.2 Å². The molecule has 0 atom stereocenters. The van der Waals surface area contributed by atoms with E-state index in [9.17, 15) is 9.90 Å². The van der Waals surface area contributed by atoms with Gasteiger partial charge in [0.2, 0.25) is 5.91 Å². The molecular weight excluding hydrogens is 294 g/mol. The van der Waals surface area contributed by atoms with Crippen LogP contribution in [0.25, 0.3) is 6.08 Å². The second-order valence-electron chi connectivity index (χ2n) is 4.71. The van der Waals surface area contributed by atoms with Crippen LogP contribution in [0, 0.1) is 0 Å². The van der Waals surface area contributed by atoms with Crippen LogP contribution >= 0.6 is 0 Å². The Morgan fingerprint density at radius 1 is 1.17 bits per heavy atom. The summed E-state index contributed by atoms with van der Waals surface area (Å²) in [7, 11) is 1.58. The van der Waals surface area contributed by atoms with E-state index in [0.29, 0.717) is 23.8 Å². The molecule has 0 aliphatic rings. The summed E-state index contributed by atoms with van der Waals surface area (Å²) in [5, 5.41) is 11.9. The van der Waals surface area contributed by atoms with Gasteiger partial charge in [0, 0.05) is 11.8 Å². The largest absolute Gasteiger partial charge is 0.508 e. The molecule has 0 fully saturated rings.